The van der Waals surface area contributed by atoms with Crippen LogP contribution in [0.2, 0.25) is 0 Å². The molecule has 0 spiro atoms. The Labute approximate surface area is 263 Å². The normalized spacial score (nSPS) is 52.9. The highest BCUT2D eigenvalue weighted by molar-refractivity contribution is 5.76. The number of aliphatic hydroxyl groups is 4. The Bertz CT molecular complexity index is 1180. The molecule has 0 aromatic heterocycles. The van der Waals surface area contributed by atoms with Crippen LogP contribution in [-0.2, 0) is 14.3 Å². The molecule has 4 saturated carbocycles. The van der Waals surface area contributed by atoms with Crippen LogP contribution in [0, 0.1) is 50.2 Å². The first-order valence-electron chi connectivity index (χ1n) is 17.3. The highest BCUT2D eigenvalue weighted by atomic mass is 16.7. The van der Waals surface area contributed by atoms with Gasteiger partial charge in [0.15, 0.2) is 6.29 Å². The summed E-state index contributed by atoms with van der Waals surface area (Å²) in [4.78, 5) is 12.9. The molecular formula is C36H58O8. The Hall–Kier alpha value is -1.03. The van der Waals surface area contributed by atoms with Crippen molar-refractivity contribution in [2.45, 2.75) is 149 Å². The molecule has 13 atom stereocenters. The van der Waals surface area contributed by atoms with E-state index in [-0.39, 0.29) is 39.1 Å². The molecule has 8 heteroatoms. The van der Waals surface area contributed by atoms with Crippen molar-refractivity contribution < 1.29 is 39.8 Å². The zero-order valence-corrected chi connectivity index (χ0v) is 28.0. The van der Waals surface area contributed by atoms with Gasteiger partial charge in [0, 0.05) is 0 Å². The van der Waals surface area contributed by atoms with Gasteiger partial charge >= 0.3 is 5.97 Å². The van der Waals surface area contributed by atoms with Gasteiger partial charge in [-0.05, 0) is 109 Å². The summed E-state index contributed by atoms with van der Waals surface area (Å²) in [6, 6.07) is 0. The fraction of sp³-hybridized carbons (Fsp3) is 0.917. The largest absolute Gasteiger partial charge is 0.481 e. The SMILES string of the molecule is CC1(C)CC[C@]2(C(=O)O)CC[C@]3(C)C(=CCC4[C@@]5(C)CC[C@H](O[C@@H]6O[C@H](CO)[C@@H](O)[C@H](O)[C@H]6O)C(C)(C)[C@@H]5CC[C@]43C)[C@@H]2C1. The molecule has 5 aliphatic carbocycles. The van der Waals surface area contributed by atoms with Gasteiger partial charge in [0.05, 0.1) is 18.1 Å². The van der Waals surface area contributed by atoms with Crippen molar-refractivity contribution >= 4 is 5.97 Å². The van der Waals surface area contributed by atoms with Crippen LogP contribution in [0.1, 0.15) is 113 Å². The number of allylic oxidation sites excluding steroid dienone is 2. The molecule has 5 fully saturated rings. The van der Waals surface area contributed by atoms with Gasteiger partial charge in [-0.3, -0.25) is 4.79 Å². The van der Waals surface area contributed by atoms with Gasteiger partial charge in [-0.1, -0.05) is 60.1 Å². The quantitative estimate of drug-likeness (QED) is 0.218. The summed E-state index contributed by atoms with van der Waals surface area (Å²) < 4.78 is 12.2. The lowest BCUT2D eigenvalue weighted by molar-refractivity contribution is -0.330. The highest BCUT2D eigenvalue weighted by Gasteiger charge is 2.69. The third kappa shape index (κ3) is 4.40. The number of hydrogen-bond acceptors (Lipinski definition) is 7. The molecule has 1 aliphatic heterocycles. The van der Waals surface area contributed by atoms with Gasteiger partial charge in [-0.2, -0.15) is 0 Å². The van der Waals surface area contributed by atoms with Crippen molar-refractivity contribution in [3.8, 4) is 0 Å². The summed E-state index contributed by atoms with van der Waals surface area (Å²) in [5, 5.41) is 51.7. The Morgan fingerprint density at radius 1 is 0.886 bits per heavy atom. The first-order chi connectivity index (χ1) is 20.4. The molecule has 5 N–H and O–H groups in total. The number of aliphatic carboxylic acids is 1. The number of carbonyl (C=O) groups is 1. The van der Waals surface area contributed by atoms with Crippen LogP contribution in [0.5, 0.6) is 0 Å². The van der Waals surface area contributed by atoms with E-state index in [2.05, 4.69) is 54.5 Å². The lowest BCUT2D eigenvalue weighted by Gasteiger charge is -2.71. The van der Waals surface area contributed by atoms with Crippen molar-refractivity contribution in [2.24, 2.45) is 50.2 Å². The van der Waals surface area contributed by atoms with E-state index in [0.29, 0.717) is 11.8 Å². The van der Waals surface area contributed by atoms with E-state index in [1.807, 2.05) is 0 Å². The minimum Gasteiger partial charge on any atom is -0.481 e. The van der Waals surface area contributed by atoms with Crippen molar-refractivity contribution in [2.75, 3.05) is 6.61 Å². The lowest BCUT2D eigenvalue weighted by Crippen LogP contribution is -2.66. The van der Waals surface area contributed by atoms with E-state index in [0.717, 1.165) is 64.2 Å². The minimum absolute atomic E-state index is 0.0330. The molecule has 1 heterocycles. The van der Waals surface area contributed by atoms with Gasteiger partial charge < -0.3 is 35.0 Å². The molecule has 0 bridgehead atoms. The maximum absolute atomic E-state index is 12.9. The summed E-state index contributed by atoms with van der Waals surface area (Å²) in [7, 11) is 0. The third-order valence-electron chi connectivity index (χ3n) is 15.1. The maximum Gasteiger partial charge on any atom is 0.310 e. The lowest BCUT2D eigenvalue weighted by atomic mass is 9.33. The molecule has 0 aromatic rings. The van der Waals surface area contributed by atoms with Gasteiger partial charge in [0.25, 0.3) is 0 Å². The Morgan fingerprint density at radius 2 is 1.57 bits per heavy atom. The monoisotopic (exact) mass is 618 g/mol. The van der Waals surface area contributed by atoms with Gasteiger partial charge in [0.1, 0.15) is 24.4 Å². The fourth-order valence-corrected chi connectivity index (χ4v) is 12.2. The maximum atomic E-state index is 12.9. The molecule has 8 nitrogen and oxygen atoms in total. The summed E-state index contributed by atoms with van der Waals surface area (Å²) in [6.45, 7) is 16.2. The van der Waals surface area contributed by atoms with Crippen LogP contribution in [0.15, 0.2) is 11.6 Å². The number of hydrogen-bond donors (Lipinski definition) is 5. The van der Waals surface area contributed by atoms with E-state index in [1.165, 1.54) is 5.57 Å². The number of carboxylic acid groups (broad SMARTS) is 1. The summed E-state index contributed by atoms with van der Waals surface area (Å²) >= 11 is 0. The van der Waals surface area contributed by atoms with E-state index < -0.39 is 48.7 Å². The van der Waals surface area contributed by atoms with Crippen LogP contribution >= 0.6 is 0 Å². The average Bonchev–Trinajstić information content (AvgIpc) is 2.94. The number of carboxylic acids is 1. The fourth-order valence-electron chi connectivity index (χ4n) is 12.2. The summed E-state index contributed by atoms with van der Waals surface area (Å²) in [5.41, 5.74) is 0.809. The molecule has 0 aromatic carbocycles. The average molecular weight is 619 g/mol. The molecule has 1 saturated heterocycles. The highest BCUT2D eigenvalue weighted by Crippen LogP contribution is 2.76. The zero-order valence-electron chi connectivity index (χ0n) is 28.0. The summed E-state index contributed by atoms with van der Waals surface area (Å²) in [5.74, 6) is 0.336. The molecule has 6 aliphatic rings. The van der Waals surface area contributed by atoms with Crippen LogP contribution in [-0.4, -0.2) is 74.9 Å². The second-order valence-electron chi connectivity index (χ2n) is 17.9. The second-order valence-corrected chi connectivity index (χ2v) is 17.9. The van der Waals surface area contributed by atoms with Crippen LogP contribution in [0.25, 0.3) is 0 Å². The number of rotatable bonds is 4. The molecule has 6 rings (SSSR count). The predicted octanol–water partition coefficient (Wildman–Crippen LogP) is 5.06. The van der Waals surface area contributed by atoms with Crippen molar-refractivity contribution in [3.05, 3.63) is 11.6 Å². The van der Waals surface area contributed by atoms with Crippen molar-refractivity contribution in [3.63, 3.8) is 0 Å². The van der Waals surface area contributed by atoms with Gasteiger partial charge in [-0.25, -0.2) is 0 Å². The van der Waals surface area contributed by atoms with Gasteiger partial charge in [0.2, 0.25) is 0 Å². The predicted molar refractivity (Wildman–Crippen MR) is 165 cm³/mol. The number of aliphatic hydroxyl groups excluding tert-OH is 4. The molecule has 44 heavy (non-hydrogen) atoms. The standard InChI is InChI=1S/C36H58O8/c1-31(2)14-16-36(30(41)42)17-15-34(6)20(21(36)18-31)8-9-24-33(5)12-11-25(32(3,4)23(33)10-13-35(24,34)7)44-29-28(40)27(39)26(38)22(19-37)43-29/h8,21-29,37-40H,9-19H2,1-7H3,(H,41,42)/t21-,22+,23-,24?,25-,26+,27-,28+,29-,33-,34+,35+,36-/m0/s1. The zero-order chi connectivity index (χ0) is 32.3. The van der Waals surface area contributed by atoms with E-state index in [1.54, 1.807) is 0 Å². The Kier molecular flexibility index (Phi) is 7.84. The number of ether oxygens (including phenoxy) is 2. The second kappa shape index (κ2) is 10.5. The van der Waals surface area contributed by atoms with Crippen molar-refractivity contribution in [1.29, 1.82) is 0 Å². The Morgan fingerprint density at radius 3 is 2.23 bits per heavy atom. The van der Waals surface area contributed by atoms with Crippen LogP contribution in [0.4, 0.5) is 0 Å². The van der Waals surface area contributed by atoms with Crippen LogP contribution in [0.3, 0.4) is 0 Å². The first kappa shape index (κ1) is 32.9. The third-order valence-corrected chi connectivity index (χ3v) is 15.1. The molecule has 1 unspecified atom stereocenters. The van der Waals surface area contributed by atoms with Gasteiger partial charge in [-0.15, -0.1) is 0 Å². The van der Waals surface area contributed by atoms with E-state index >= 15 is 0 Å². The molecular weight excluding hydrogens is 560 g/mol. The summed E-state index contributed by atoms with van der Waals surface area (Å²) in [6.07, 6.45) is 5.19. The topological polar surface area (TPSA) is 137 Å². The molecule has 250 valence electrons. The smallest absolute Gasteiger partial charge is 0.310 e. The number of fused-ring (bicyclic) bond motifs is 7. The molecule has 0 radical (unpaired) electrons. The molecule has 0 amide bonds. The van der Waals surface area contributed by atoms with E-state index in [4.69, 9.17) is 9.47 Å². The van der Waals surface area contributed by atoms with Crippen molar-refractivity contribution in [1.82, 2.24) is 0 Å². The van der Waals surface area contributed by atoms with E-state index in [9.17, 15) is 30.3 Å². The first-order valence-corrected chi connectivity index (χ1v) is 17.3. The van der Waals surface area contributed by atoms with Crippen LogP contribution < -0.4 is 0 Å². The minimum atomic E-state index is -1.45. The Balaban J connectivity index is 1.29.